The average molecular weight is 412 g/mol. The summed E-state index contributed by atoms with van der Waals surface area (Å²) in [6.07, 6.45) is 0. The molecule has 0 heterocycles. The normalized spacial score (nSPS) is 7.50. The van der Waals surface area contributed by atoms with Crippen LogP contribution in [0.4, 0.5) is 0 Å². The molecule has 0 N–H and O–H groups in total. The van der Waals surface area contributed by atoms with Gasteiger partial charge in [-0.05, 0) is 0 Å². The van der Waals surface area contributed by atoms with E-state index in [9.17, 15) is 0 Å². The number of hydrogen-bond acceptors (Lipinski definition) is 9. The van der Waals surface area contributed by atoms with Gasteiger partial charge in [0.25, 0.3) is 0 Å². The molecule has 0 amide bonds. The third-order valence-corrected chi connectivity index (χ3v) is 0. The van der Waals surface area contributed by atoms with Crippen molar-refractivity contribution in [2.45, 2.75) is 0 Å². The molecule has 0 rings (SSSR count). The fourth-order valence-electron chi connectivity index (χ4n) is 0. The summed E-state index contributed by atoms with van der Waals surface area (Å²) in [5.41, 5.74) is 0. The molecule has 2 radical (unpaired) electrons. The molecular weight excluding hydrogens is 412 g/mol. The summed E-state index contributed by atoms with van der Waals surface area (Å²) in [4.78, 5) is 0. The zero-order valence-corrected chi connectivity index (χ0v) is 11.6. The Morgan fingerprint density at radius 3 is 0.500 bits per heavy atom. The topological polar surface area (TPSA) is 190 Å². The molecule has 0 fully saturated rings. The molecule has 0 aliphatic heterocycles. The summed E-state index contributed by atoms with van der Waals surface area (Å²) in [6.45, 7) is 0. The Balaban J connectivity index is -0.0000000270. The van der Waals surface area contributed by atoms with Gasteiger partial charge in [-0.2, -0.15) is 0 Å². The summed E-state index contributed by atoms with van der Waals surface area (Å²) >= 11 is -11.4. The van der Waals surface area contributed by atoms with Gasteiger partial charge in [0.05, 0.1) is 0 Å². The van der Waals surface area contributed by atoms with Crippen molar-refractivity contribution in [2.24, 2.45) is 0 Å². The van der Waals surface area contributed by atoms with Gasteiger partial charge in [-0.3, -0.25) is 0 Å². The minimum absolute atomic E-state index is 0. The molecule has 0 saturated heterocycles. The Hall–Kier alpha value is 1.80. The van der Waals surface area contributed by atoms with E-state index in [2.05, 4.69) is 0 Å². The molecule has 0 atom stereocenters. The Kier molecular flexibility index (Phi) is 51.2. The van der Waals surface area contributed by atoms with Crippen molar-refractivity contribution in [1.29, 1.82) is 0 Å². The summed E-state index contributed by atoms with van der Waals surface area (Å²) in [5.74, 6) is 0. The predicted molar refractivity (Wildman–Crippen MR) is 2.06 cm³/mol. The Morgan fingerprint density at radius 1 is 0.500 bits per heavy atom. The molecule has 0 aliphatic carbocycles. The van der Waals surface area contributed by atoms with Crippen LogP contribution in [0.1, 0.15) is 0 Å². The van der Waals surface area contributed by atoms with Gasteiger partial charge in [0.15, 0.2) is 0 Å². The second-order valence-electron chi connectivity index (χ2n) is 0.612. The van der Waals surface area contributed by atoms with Gasteiger partial charge in [0, 0.05) is 0 Å². The van der Waals surface area contributed by atoms with Crippen molar-refractivity contribution in [2.75, 3.05) is 0 Å². The van der Waals surface area contributed by atoms with Crippen LogP contribution in [0.5, 0.6) is 0 Å². The van der Waals surface area contributed by atoms with E-state index in [4.69, 9.17) is 36.4 Å². The predicted octanol–water partition coefficient (Wildman–Crippen LogP) is -7.50. The van der Waals surface area contributed by atoms with Gasteiger partial charge in [-0.25, -0.2) is 0 Å². The van der Waals surface area contributed by atoms with E-state index in [0.717, 1.165) is 0 Å². The van der Waals surface area contributed by atoms with Crippen molar-refractivity contribution < 1.29 is 115 Å². The summed E-state index contributed by atoms with van der Waals surface area (Å²) in [5, 5.41) is 0. The third kappa shape index (κ3) is 700. The Bertz CT molecular complexity index is 116. The van der Waals surface area contributed by atoms with Crippen LogP contribution in [0, 0.1) is 0 Å². The zero-order chi connectivity index (χ0) is 10.7. The second-order valence-corrected chi connectivity index (χ2v) is 2.52. The minimum atomic E-state index is -3.79. The van der Waals surface area contributed by atoms with Crippen LogP contribution in [0.2, 0.25) is 0 Å². The van der Waals surface area contributed by atoms with E-state index in [-0.39, 0.29) is 34.1 Å². The molecule has 0 aromatic rings. The van der Waals surface area contributed by atoms with Gasteiger partial charge < -0.3 is 0 Å². The van der Waals surface area contributed by atoms with Gasteiger partial charge in [0.1, 0.15) is 0 Å². The van der Waals surface area contributed by atoms with Crippen molar-refractivity contribution >= 4 is 0 Å². The molecule has 0 saturated carbocycles. The van der Waals surface area contributed by atoms with E-state index in [1.807, 2.05) is 0 Å². The summed E-state index contributed by atoms with van der Waals surface area (Å²) in [6, 6.07) is 0. The molecule has 88 valence electrons. The van der Waals surface area contributed by atoms with E-state index >= 15 is 0 Å². The van der Waals surface area contributed by atoms with E-state index < -0.39 is 44.3 Å². The van der Waals surface area contributed by atoms with Crippen molar-refractivity contribution in [3.63, 3.8) is 0 Å². The van der Waals surface area contributed by atoms with Gasteiger partial charge in [-0.15, -0.1) is 0 Å². The zero-order valence-electron chi connectivity index (χ0n) is 5.61. The van der Waals surface area contributed by atoms with E-state index in [1.165, 1.54) is 0 Å². The Labute approximate surface area is 114 Å². The molecule has 14 heteroatoms. The van der Waals surface area contributed by atoms with Crippen molar-refractivity contribution in [3.8, 4) is 0 Å². The number of hydrogen-bond donors (Lipinski definition) is 0. The standard InChI is InChI=1S/3Cr.2Fe.9O/q;;;2*+3;;;;6*-1. The van der Waals surface area contributed by atoms with Gasteiger partial charge in [-0.1, -0.05) is 0 Å². The molecule has 0 aliphatic rings. The summed E-state index contributed by atoms with van der Waals surface area (Å²) in [7, 11) is 0. The van der Waals surface area contributed by atoms with Crippen LogP contribution in [-0.2, 0) is 89.8 Å². The maximum atomic E-state index is 8.54. The summed E-state index contributed by atoms with van der Waals surface area (Å²) < 4.78 is 76.9. The first-order valence-corrected chi connectivity index (χ1v) is 6.18. The van der Waals surface area contributed by atoms with Crippen LogP contribution in [0.25, 0.3) is 0 Å². The molecule has 0 spiro atoms. The first-order valence-electron chi connectivity index (χ1n) is 1.50. The van der Waals surface area contributed by atoms with Gasteiger partial charge >= 0.3 is 115 Å². The Morgan fingerprint density at radius 2 is 0.500 bits per heavy atom. The fraction of sp³-hybridized carbons (Fsp3) is 0. The quantitative estimate of drug-likeness (QED) is 0.348. The molecule has 0 unspecified atom stereocenters. The SMILES string of the molecule is [Fe+3].[Fe+3].[O]=[Cr]([O-])[O-].[O]=[Cr]([O-])[O-].[O]=[Cr]([O-])[O-]. The van der Waals surface area contributed by atoms with Crippen LogP contribution < -0.4 is 24.9 Å². The molecule has 0 bridgehead atoms. The van der Waals surface area contributed by atoms with Crippen LogP contribution in [0.15, 0.2) is 0 Å². The van der Waals surface area contributed by atoms with Gasteiger partial charge in [0.2, 0.25) is 0 Å². The first-order chi connectivity index (χ1) is 5.20. The third-order valence-electron chi connectivity index (χ3n) is 0. The fourth-order valence-corrected chi connectivity index (χ4v) is 0. The van der Waals surface area contributed by atoms with Crippen molar-refractivity contribution in [1.82, 2.24) is 0 Å². The van der Waals surface area contributed by atoms with Crippen molar-refractivity contribution in [3.05, 3.63) is 0 Å². The second kappa shape index (κ2) is 24.2. The van der Waals surface area contributed by atoms with Crippen LogP contribution in [-0.4, -0.2) is 0 Å². The van der Waals surface area contributed by atoms with E-state index in [1.54, 1.807) is 0 Å². The first kappa shape index (κ1) is 29.7. The molecule has 0 aromatic heterocycles. The van der Waals surface area contributed by atoms with Crippen LogP contribution >= 0.6 is 0 Å². The average Bonchev–Trinajstić information content (AvgIpc) is 1.54. The van der Waals surface area contributed by atoms with E-state index in [0.29, 0.717) is 0 Å². The maximum absolute atomic E-state index is 8.54. The molecular formula is Cr3Fe2O9. The molecule has 9 nitrogen and oxygen atoms in total. The van der Waals surface area contributed by atoms with Crippen LogP contribution in [0.3, 0.4) is 0 Å². The number of rotatable bonds is 0. The molecule has 0 aromatic carbocycles. The molecule has 14 heavy (non-hydrogen) atoms. The monoisotopic (exact) mass is 412 g/mol.